The second kappa shape index (κ2) is 41.1. The summed E-state index contributed by atoms with van der Waals surface area (Å²) in [6, 6.07) is -8.49. The largest absolute Gasteiger partial charge is 0.397 e. The summed E-state index contributed by atoms with van der Waals surface area (Å²) < 4.78 is 78.2. The molecule has 0 spiro atoms. The maximum atomic E-state index is 15.5. The highest BCUT2D eigenvalue weighted by molar-refractivity contribution is 5.98. The fraction of sp³-hybridized carbons (Fsp3) is 0.833. The molecule has 0 aromatic carbocycles. The summed E-state index contributed by atoms with van der Waals surface area (Å²) in [5.41, 5.74) is -1.05. The Morgan fingerprint density at radius 1 is 0.759 bits per heavy atom. The van der Waals surface area contributed by atoms with Gasteiger partial charge in [0.25, 0.3) is 0 Å². The fourth-order valence-electron chi connectivity index (χ4n) is 17.4. The summed E-state index contributed by atoms with van der Waals surface area (Å²) in [7, 11) is 10.5. The minimum absolute atomic E-state index is 0.0245. The number of hydrogen-bond donors (Lipinski definition) is 5. The van der Waals surface area contributed by atoms with Crippen LogP contribution < -0.4 is 21.3 Å². The minimum atomic E-state index is -5.14. The lowest BCUT2D eigenvalue weighted by Gasteiger charge is -2.46. The average molecular weight is 1540 g/mol. The first-order valence-corrected chi connectivity index (χ1v) is 40.2. The Morgan fingerprint density at radius 3 is 1.99 bits per heavy atom. The normalized spacial score (nSPS) is 29.0. The molecule has 4 heterocycles. The van der Waals surface area contributed by atoms with Gasteiger partial charge in [-0.3, -0.25) is 58.1 Å². The van der Waals surface area contributed by atoms with E-state index in [1.54, 1.807) is 40.9 Å². The summed E-state index contributed by atoms with van der Waals surface area (Å²) in [6.45, 7) is 6.41. The van der Waals surface area contributed by atoms with E-state index in [9.17, 15) is 56.6 Å². The Hall–Kier alpha value is -6.56. The molecule has 3 saturated heterocycles. The van der Waals surface area contributed by atoms with Gasteiger partial charge in [-0.15, -0.1) is 0 Å². The number of nitrogens with one attached hydrogen (secondary N) is 4. The standard InChI is InChI=1S/C78H127F5N12O13/c1-12-49(4)68-75(106)90(8)48-66(99)92(10)59-30-21-18-24-39-94(74(59)105)62(42-52-33-31-50(32-34-52)26-19-16-15-17-20-29-58(69(100)86-68)91(9)65(98)45-61(72(103)88(6)13-2)93(11)64(97)43-51-27-22-23-28-51)73(104)89(7)47-63(96)85-57(36-35-53-40-55(79)67(56(80)41-53)78(81,82)83)71(102)95-46-54(108-14-3)44-60(95)70(101)87-77(37-25-38-77)76(107)84-5/h18,21,49-62,67-68,76,84,107H,12-17,19-20,22-48H2,1-11H3,(H,85,96)(H,86,100)(H,87,101)/b21-18-/t49-,50?,52?,53?,54+,55?,56?,57-,58-,59-,60-,61-,62-,67?,68-,76?/m0/s1. The van der Waals surface area contributed by atoms with Crippen molar-refractivity contribution in [1.29, 1.82) is 0 Å². The molecule has 612 valence electrons. The van der Waals surface area contributed by atoms with Gasteiger partial charge in [-0.1, -0.05) is 109 Å². The maximum absolute atomic E-state index is 15.5. The van der Waals surface area contributed by atoms with E-state index < -0.39 is 181 Å². The number of likely N-dealkylation sites (N-methyl/N-ethyl adjacent to an activating group) is 7. The van der Waals surface area contributed by atoms with Crippen LogP contribution >= 0.6 is 0 Å². The molecular formula is C78H127F5N12O13. The number of nitrogens with zero attached hydrogens (tertiary/aromatic N) is 8. The van der Waals surface area contributed by atoms with Gasteiger partial charge in [0.2, 0.25) is 65.0 Å². The first-order chi connectivity index (χ1) is 51.2. The van der Waals surface area contributed by atoms with Gasteiger partial charge in [0, 0.05) is 81.4 Å². The molecule has 3 unspecified atom stereocenters. The van der Waals surface area contributed by atoms with Crippen LogP contribution in [-0.2, 0) is 57.5 Å². The lowest BCUT2D eigenvalue weighted by Crippen LogP contribution is -2.67. The highest BCUT2D eigenvalue weighted by atomic mass is 19.4. The zero-order valence-electron chi connectivity index (χ0n) is 66.0. The molecule has 0 aromatic rings. The van der Waals surface area contributed by atoms with Crippen molar-refractivity contribution in [2.75, 3.05) is 88.7 Å². The van der Waals surface area contributed by atoms with E-state index in [1.165, 1.54) is 69.5 Å². The van der Waals surface area contributed by atoms with Crippen LogP contribution in [0.4, 0.5) is 22.0 Å². The van der Waals surface area contributed by atoms with E-state index >= 15 is 23.2 Å². The lowest BCUT2D eigenvalue weighted by atomic mass is 9.75. The quantitative estimate of drug-likeness (QED) is 0.0283. The molecule has 30 heteroatoms. The Bertz CT molecular complexity index is 3070. The summed E-state index contributed by atoms with van der Waals surface area (Å²) in [5.74, 6) is -10.3. The van der Waals surface area contributed by atoms with Crippen molar-refractivity contribution < 1.29 is 84.5 Å². The summed E-state index contributed by atoms with van der Waals surface area (Å²) >= 11 is 0. The zero-order valence-corrected chi connectivity index (χ0v) is 66.0. The number of fused-ring (bicyclic) bond motifs is 18. The van der Waals surface area contributed by atoms with Crippen molar-refractivity contribution in [1.82, 2.24) is 60.5 Å². The van der Waals surface area contributed by atoms with E-state index in [0.717, 1.165) is 88.4 Å². The number of rotatable bonds is 24. The van der Waals surface area contributed by atoms with Crippen molar-refractivity contribution in [2.24, 2.45) is 35.5 Å². The van der Waals surface area contributed by atoms with Crippen molar-refractivity contribution in [3.63, 3.8) is 0 Å². The SMILES string of the molecule is CCO[C@@H]1C[C@@H](C(=O)NC2(C(O)NC)CCC2)N(C(=O)[C@H](CCC2CC(F)C(C(F)(F)F)C(F)C2)NC(=O)CN(C)C(=O)[C@@H]2CC3CCC(CCCCCCC[C@H](N(C)C(=O)C[C@@H](C(=O)N(C)CC)N(C)C(=O)CC4CCCC4)C(=O)N[C@@H]([C@@H](C)CC)C(=O)N(C)CC(=O)N(C)[C@H]4C/C=C\CCN2C4=O)CC3)C1. The van der Waals surface area contributed by atoms with Gasteiger partial charge < -0.3 is 65.0 Å². The minimum Gasteiger partial charge on any atom is -0.377 e. The molecular weight excluding hydrogens is 1410 g/mol. The molecule has 8 rings (SSSR count). The van der Waals surface area contributed by atoms with Gasteiger partial charge >= 0.3 is 6.18 Å². The topological polar surface area (TPSA) is 291 Å². The number of carbonyl (C=O) groups excluding carboxylic acids is 11. The molecule has 5 N–H and O–H groups in total. The smallest absolute Gasteiger partial charge is 0.377 e. The lowest BCUT2D eigenvalue weighted by molar-refractivity contribution is -0.219. The van der Waals surface area contributed by atoms with Crippen LogP contribution in [0.15, 0.2) is 12.2 Å². The molecule has 7 fully saturated rings. The van der Waals surface area contributed by atoms with E-state index in [2.05, 4.69) is 21.3 Å². The second-order valence-corrected chi connectivity index (χ2v) is 32.4. The van der Waals surface area contributed by atoms with Gasteiger partial charge in [0.05, 0.1) is 31.2 Å². The van der Waals surface area contributed by atoms with Gasteiger partial charge in [0.15, 0.2) is 0 Å². The van der Waals surface area contributed by atoms with E-state index in [-0.39, 0.29) is 88.8 Å². The number of amides is 11. The first kappa shape index (κ1) is 88.7. The fourth-order valence-corrected chi connectivity index (χ4v) is 17.4. The molecule has 8 aliphatic rings. The monoisotopic (exact) mass is 1530 g/mol. The predicted octanol–water partition coefficient (Wildman–Crippen LogP) is 6.96. The maximum Gasteiger partial charge on any atom is 0.397 e. The molecule has 4 aliphatic heterocycles. The van der Waals surface area contributed by atoms with Gasteiger partial charge in [-0.2, -0.15) is 13.2 Å². The van der Waals surface area contributed by atoms with Crippen LogP contribution in [0.25, 0.3) is 0 Å². The third-order valence-corrected chi connectivity index (χ3v) is 25.0. The van der Waals surface area contributed by atoms with Crippen LogP contribution in [0.3, 0.4) is 0 Å². The number of aliphatic hydroxyl groups excluding tert-OH is 1. The number of carbonyl (C=O) groups is 11. The molecule has 4 saturated carbocycles. The summed E-state index contributed by atoms with van der Waals surface area (Å²) in [4.78, 5) is 173. The predicted molar refractivity (Wildman–Crippen MR) is 396 cm³/mol. The number of aliphatic hydroxyl groups is 1. The zero-order chi connectivity index (χ0) is 79.5. The molecule has 108 heavy (non-hydrogen) atoms. The second-order valence-electron chi connectivity index (χ2n) is 32.4. The number of ether oxygens (including phenoxy) is 1. The number of halogens is 5. The summed E-state index contributed by atoms with van der Waals surface area (Å²) in [5, 5.41) is 22.4. The molecule has 0 radical (unpaired) electrons. The first-order valence-electron chi connectivity index (χ1n) is 40.2. The number of likely N-dealkylation sites (tertiary alicyclic amines) is 1. The third-order valence-electron chi connectivity index (χ3n) is 25.0. The Kier molecular flexibility index (Phi) is 33.7. The Balaban J connectivity index is 1.13. The highest BCUT2D eigenvalue weighted by Crippen LogP contribution is 2.45. The van der Waals surface area contributed by atoms with Gasteiger partial charge in [-0.25, -0.2) is 8.78 Å². The average Bonchev–Trinajstić information content (AvgIpc) is 1.34. The molecule has 11 amide bonds. The van der Waals surface area contributed by atoms with Gasteiger partial charge in [-0.05, 0) is 134 Å². The Labute approximate surface area is 636 Å². The Morgan fingerprint density at radius 2 is 1.39 bits per heavy atom. The van der Waals surface area contributed by atoms with Crippen LogP contribution in [0.5, 0.6) is 0 Å². The molecule has 4 bridgehead atoms. The van der Waals surface area contributed by atoms with Crippen LogP contribution in [0, 0.1) is 35.5 Å². The molecule has 12 atom stereocenters. The van der Waals surface area contributed by atoms with Crippen molar-refractivity contribution in [2.45, 2.75) is 293 Å². The van der Waals surface area contributed by atoms with Crippen LogP contribution in [-0.4, -0.2) is 277 Å². The molecule has 4 aliphatic carbocycles. The van der Waals surface area contributed by atoms with E-state index in [4.69, 9.17) is 4.74 Å². The third kappa shape index (κ3) is 23.3. The molecule has 25 nitrogen and oxygen atoms in total. The van der Waals surface area contributed by atoms with Crippen LogP contribution in [0.2, 0.25) is 0 Å². The van der Waals surface area contributed by atoms with Gasteiger partial charge in [0.1, 0.15) is 66.8 Å². The highest BCUT2D eigenvalue weighted by Gasteiger charge is 2.55. The van der Waals surface area contributed by atoms with Crippen molar-refractivity contribution in [3.8, 4) is 0 Å². The van der Waals surface area contributed by atoms with Crippen molar-refractivity contribution in [3.05, 3.63) is 12.2 Å². The molecule has 0 aromatic heterocycles. The summed E-state index contributed by atoms with van der Waals surface area (Å²) in [6.07, 6.45) is 4.25. The van der Waals surface area contributed by atoms with Crippen molar-refractivity contribution >= 4 is 65.0 Å². The van der Waals surface area contributed by atoms with E-state index in [1.807, 2.05) is 13.0 Å². The van der Waals surface area contributed by atoms with Crippen LogP contribution in [0.1, 0.15) is 214 Å². The number of alkyl halides is 5. The number of hydrogen-bond acceptors (Lipinski definition) is 14. The van der Waals surface area contributed by atoms with E-state index in [0.29, 0.717) is 51.0 Å².